The summed E-state index contributed by atoms with van der Waals surface area (Å²) in [4.78, 5) is 11.8. The highest BCUT2D eigenvalue weighted by Crippen LogP contribution is 2.30. The van der Waals surface area contributed by atoms with Gasteiger partial charge in [0.05, 0.1) is 0 Å². The van der Waals surface area contributed by atoms with Crippen molar-refractivity contribution in [3.8, 4) is 0 Å². The van der Waals surface area contributed by atoms with Gasteiger partial charge < -0.3 is 10.6 Å². The van der Waals surface area contributed by atoms with Gasteiger partial charge in [0.1, 0.15) is 0 Å². The van der Waals surface area contributed by atoms with Gasteiger partial charge in [-0.2, -0.15) is 0 Å². The van der Waals surface area contributed by atoms with E-state index in [1.54, 1.807) is 0 Å². The van der Waals surface area contributed by atoms with Crippen molar-refractivity contribution in [2.45, 2.75) is 57.9 Å². The molecule has 1 aliphatic carbocycles. The highest BCUT2D eigenvalue weighted by molar-refractivity contribution is 5.77. The molecular formula is C13H26N2O. The van der Waals surface area contributed by atoms with Crippen LogP contribution in [0.15, 0.2) is 0 Å². The zero-order chi connectivity index (χ0) is 12.0. The second-order valence-corrected chi connectivity index (χ2v) is 5.47. The number of nitrogens with one attached hydrogen (secondary N) is 2. The largest absolute Gasteiger partial charge is 0.356 e. The molecule has 94 valence electrons. The minimum absolute atomic E-state index is 0.0688. The van der Waals surface area contributed by atoms with Crippen LogP contribution in [0.1, 0.15) is 52.4 Å². The van der Waals surface area contributed by atoms with Crippen LogP contribution in [0, 0.1) is 5.92 Å². The van der Waals surface area contributed by atoms with E-state index in [9.17, 15) is 4.79 Å². The Morgan fingerprint density at radius 3 is 2.38 bits per heavy atom. The fourth-order valence-corrected chi connectivity index (χ4v) is 2.43. The zero-order valence-corrected chi connectivity index (χ0v) is 10.9. The summed E-state index contributed by atoms with van der Waals surface area (Å²) in [6, 6.07) is 0. The molecule has 1 saturated carbocycles. The molecule has 0 bridgehead atoms. The number of amides is 1. The molecule has 1 amide bonds. The molecule has 0 spiro atoms. The lowest BCUT2D eigenvalue weighted by Crippen LogP contribution is -2.48. The van der Waals surface area contributed by atoms with Crippen LogP contribution in [0.3, 0.4) is 0 Å². The SMILES string of the molecule is CNC1(CC(=O)NCC(C)C)CCCCC1. The summed E-state index contributed by atoms with van der Waals surface area (Å²) >= 11 is 0. The minimum Gasteiger partial charge on any atom is -0.356 e. The van der Waals surface area contributed by atoms with E-state index in [4.69, 9.17) is 0 Å². The van der Waals surface area contributed by atoms with Crippen LogP contribution in [0.5, 0.6) is 0 Å². The van der Waals surface area contributed by atoms with E-state index in [0.29, 0.717) is 12.3 Å². The summed E-state index contributed by atoms with van der Waals surface area (Å²) < 4.78 is 0. The first-order valence-corrected chi connectivity index (χ1v) is 6.53. The molecule has 3 heteroatoms. The van der Waals surface area contributed by atoms with E-state index >= 15 is 0 Å². The van der Waals surface area contributed by atoms with E-state index < -0.39 is 0 Å². The average Bonchev–Trinajstić information content (AvgIpc) is 2.28. The molecule has 0 saturated heterocycles. The average molecular weight is 226 g/mol. The second-order valence-electron chi connectivity index (χ2n) is 5.47. The topological polar surface area (TPSA) is 41.1 Å². The number of rotatable bonds is 5. The van der Waals surface area contributed by atoms with Crippen LogP contribution in [0.25, 0.3) is 0 Å². The van der Waals surface area contributed by atoms with Gasteiger partial charge in [-0.05, 0) is 25.8 Å². The lowest BCUT2D eigenvalue weighted by Gasteiger charge is -2.36. The molecule has 0 aromatic carbocycles. The highest BCUT2D eigenvalue weighted by Gasteiger charge is 2.32. The third-order valence-electron chi connectivity index (χ3n) is 3.55. The van der Waals surface area contributed by atoms with E-state index in [1.807, 2.05) is 7.05 Å². The Bertz CT molecular complexity index is 220. The van der Waals surface area contributed by atoms with E-state index in [-0.39, 0.29) is 11.4 Å². The van der Waals surface area contributed by atoms with Gasteiger partial charge in [-0.15, -0.1) is 0 Å². The van der Waals surface area contributed by atoms with Gasteiger partial charge in [0.15, 0.2) is 0 Å². The van der Waals surface area contributed by atoms with Gasteiger partial charge >= 0.3 is 0 Å². The summed E-state index contributed by atoms with van der Waals surface area (Å²) in [5.41, 5.74) is 0.0688. The van der Waals surface area contributed by atoms with Crippen molar-refractivity contribution < 1.29 is 4.79 Å². The van der Waals surface area contributed by atoms with E-state index in [2.05, 4.69) is 24.5 Å². The van der Waals surface area contributed by atoms with E-state index in [0.717, 1.165) is 19.4 Å². The van der Waals surface area contributed by atoms with Crippen molar-refractivity contribution in [3.05, 3.63) is 0 Å². The molecule has 0 aromatic heterocycles. The molecule has 1 aliphatic rings. The lowest BCUT2D eigenvalue weighted by molar-refractivity contribution is -0.123. The van der Waals surface area contributed by atoms with Crippen molar-refractivity contribution in [2.24, 2.45) is 5.92 Å². The molecule has 0 aliphatic heterocycles. The third kappa shape index (κ3) is 4.12. The number of carbonyl (C=O) groups excluding carboxylic acids is 1. The van der Waals surface area contributed by atoms with Crippen molar-refractivity contribution >= 4 is 5.91 Å². The van der Waals surface area contributed by atoms with Gasteiger partial charge in [-0.3, -0.25) is 4.79 Å². The minimum atomic E-state index is 0.0688. The van der Waals surface area contributed by atoms with E-state index in [1.165, 1.54) is 19.3 Å². The van der Waals surface area contributed by atoms with Crippen LogP contribution in [-0.2, 0) is 4.79 Å². The maximum Gasteiger partial charge on any atom is 0.221 e. The Kier molecular flexibility index (Phi) is 5.26. The maximum absolute atomic E-state index is 11.8. The first-order valence-electron chi connectivity index (χ1n) is 6.53. The number of carbonyl (C=O) groups is 1. The molecule has 0 radical (unpaired) electrons. The molecule has 2 N–H and O–H groups in total. The fourth-order valence-electron chi connectivity index (χ4n) is 2.43. The van der Waals surface area contributed by atoms with Crippen LogP contribution in [-0.4, -0.2) is 25.0 Å². The Morgan fingerprint density at radius 1 is 1.25 bits per heavy atom. The van der Waals surface area contributed by atoms with Gasteiger partial charge in [0.2, 0.25) is 5.91 Å². The molecule has 1 rings (SSSR count). The van der Waals surface area contributed by atoms with Crippen molar-refractivity contribution in [2.75, 3.05) is 13.6 Å². The normalized spacial score (nSPS) is 19.8. The molecule has 0 aromatic rings. The molecule has 0 unspecified atom stereocenters. The molecule has 0 atom stereocenters. The van der Waals surface area contributed by atoms with Gasteiger partial charge in [-0.25, -0.2) is 0 Å². The Balaban J connectivity index is 2.39. The summed E-state index contributed by atoms with van der Waals surface area (Å²) in [7, 11) is 1.99. The monoisotopic (exact) mass is 226 g/mol. The third-order valence-corrected chi connectivity index (χ3v) is 3.55. The summed E-state index contributed by atoms with van der Waals surface area (Å²) in [6.07, 6.45) is 6.72. The lowest BCUT2D eigenvalue weighted by atomic mass is 9.79. The Morgan fingerprint density at radius 2 is 1.88 bits per heavy atom. The quantitative estimate of drug-likeness (QED) is 0.753. The predicted molar refractivity (Wildman–Crippen MR) is 67.3 cm³/mol. The van der Waals surface area contributed by atoms with Crippen molar-refractivity contribution in [3.63, 3.8) is 0 Å². The molecule has 3 nitrogen and oxygen atoms in total. The number of hydrogen-bond donors (Lipinski definition) is 2. The van der Waals surface area contributed by atoms with Crippen LogP contribution in [0.4, 0.5) is 0 Å². The second kappa shape index (κ2) is 6.24. The van der Waals surface area contributed by atoms with Crippen LogP contribution >= 0.6 is 0 Å². The molecule has 1 fully saturated rings. The van der Waals surface area contributed by atoms with Crippen LogP contribution < -0.4 is 10.6 Å². The predicted octanol–water partition coefficient (Wildman–Crippen LogP) is 2.07. The summed E-state index contributed by atoms with van der Waals surface area (Å²) in [5.74, 6) is 0.728. The summed E-state index contributed by atoms with van der Waals surface area (Å²) in [5, 5.41) is 6.38. The van der Waals surface area contributed by atoms with Gasteiger partial charge in [-0.1, -0.05) is 33.1 Å². The van der Waals surface area contributed by atoms with Crippen molar-refractivity contribution in [1.82, 2.24) is 10.6 Å². The van der Waals surface area contributed by atoms with Crippen LogP contribution in [0.2, 0.25) is 0 Å². The Hall–Kier alpha value is -0.570. The summed E-state index contributed by atoms with van der Waals surface area (Å²) in [6.45, 7) is 5.03. The van der Waals surface area contributed by atoms with Crippen molar-refractivity contribution in [1.29, 1.82) is 0 Å². The Labute approximate surface area is 99.4 Å². The maximum atomic E-state index is 11.8. The molecular weight excluding hydrogens is 200 g/mol. The highest BCUT2D eigenvalue weighted by atomic mass is 16.1. The first kappa shape index (κ1) is 13.5. The number of hydrogen-bond acceptors (Lipinski definition) is 2. The molecule has 0 heterocycles. The van der Waals surface area contributed by atoms with Gasteiger partial charge in [0.25, 0.3) is 0 Å². The van der Waals surface area contributed by atoms with Gasteiger partial charge in [0, 0.05) is 18.5 Å². The fraction of sp³-hybridized carbons (Fsp3) is 0.923. The first-order chi connectivity index (χ1) is 7.58. The standard InChI is InChI=1S/C13H26N2O/c1-11(2)10-15-12(16)9-13(14-3)7-5-4-6-8-13/h11,14H,4-10H2,1-3H3,(H,15,16). The molecule has 16 heavy (non-hydrogen) atoms. The zero-order valence-electron chi connectivity index (χ0n) is 10.9. The smallest absolute Gasteiger partial charge is 0.221 e.